The first-order valence-corrected chi connectivity index (χ1v) is 12.6. The van der Waals surface area contributed by atoms with Gasteiger partial charge < -0.3 is 30.9 Å². The van der Waals surface area contributed by atoms with Crippen LogP contribution in [0.4, 0.5) is 51.0 Å². The standard InChI is InChI=1S/C19H20N6.3C2HF3O2/c1-2-14-18-17(24-16(25-18)10-12-3-7-20-8-4-12)13-5-9-21-11-15(13)23-19(14)22-6-1;3*3-2(4,5)1(6)7/h1-2,5-6,9,11-12,20H,3-4,7-8,10H2,(H,22,23)(H,24,25);3*(H,6,7). The summed E-state index contributed by atoms with van der Waals surface area (Å²) in [5, 5.41) is 28.2. The molecule has 0 saturated carbocycles. The first kappa shape index (κ1) is 37.2. The van der Waals surface area contributed by atoms with Crippen LogP contribution in [-0.2, 0) is 20.8 Å². The molecule has 0 bridgehead atoms. The number of aromatic nitrogens is 4. The largest absolute Gasteiger partial charge is 0.490 e. The van der Waals surface area contributed by atoms with Gasteiger partial charge in [0.1, 0.15) is 17.3 Å². The van der Waals surface area contributed by atoms with Crippen molar-refractivity contribution in [1.29, 1.82) is 0 Å². The van der Waals surface area contributed by atoms with Gasteiger partial charge in [0.2, 0.25) is 0 Å². The van der Waals surface area contributed by atoms with Crippen molar-refractivity contribution < 1.29 is 69.2 Å². The number of carbonyl (C=O) groups is 3. The van der Waals surface area contributed by atoms with E-state index in [4.69, 9.17) is 34.7 Å². The Balaban J connectivity index is 0.000000289. The van der Waals surface area contributed by atoms with E-state index >= 15 is 0 Å². The summed E-state index contributed by atoms with van der Waals surface area (Å²) in [4.78, 5) is 44.0. The molecule has 0 spiro atoms. The average molecular weight is 674 g/mol. The fourth-order valence-electron chi connectivity index (χ4n) is 3.80. The van der Waals surface area contributed by atoms with Crippen molar-refractivity contribution >= 4 is 29.4 Å². The molecule has 3 aromatic rings. The zero-order valence-electron chi connectivity index (χ0n) is 22.9. The van der Waals surface area contributed by atoms with E-state index in [0.29, 0.717) is 5.92 Å². The molecule has 0 amide bonds. The van der Waals surface area contributed by atoms with Crippen LogP contribution in [0.3, 0.4) is 0 Å². The Morgan fingerprint density at radius 1 is 0.804 bits per heavy atom. The van der Waals surface area contributed by atoms with Crippen LogP contribution in [0.5, 0.6) is 0 Å². The zero-order valence-corrected chi connectivity index (χ0v) is 22.9. The lowest BCUT2D eigenvalue weighted by Gasteiger charge is -2.21. The summed E-state index contributed by atoms with van der Waals surface area (Å²) in [7, 11) is 0. The third-order valence-electron chi connectivity index (χ3n) is 5.83. The molecule has 3 aromatic heterocycles. The molecular weight excluding hydrogens is 651 g/mol. The van der Waals surface area contributed by atoms with Gasteiger partial charge in [-0.2, -0.15) is 39.5 Å². The predicted octanol–water partition coefficient (Wildman–Crippen LogP) is 5.03. The van der Waals surface area contributed by atoms with E-state index in [1.807, 2.05) is 24.5 Å². The van der Waals surface area contributed by atoms with E-state index in [9.17, 15) is 39.5 Å². The first-order chi connectivity index (χ1) is 21.2. The Hall–Kier alpha value is -4.95. The molecule has 0 atom stereocenters. The van der Waals surface area contributed by atoms with E-state index in [-0.39, 0.29) is 0 Å². The highest BCUT2D eigenvalue weighted by molar-refractivity contribution is 5.94. The van der Waals surface area contributed by atoms with Gasteiger partial charge in [0.15, 0.2) is 0 Å². The summed E-state index contributed by atoms with van der Waals surface area (Å²) in [6.07, 6.45) is -6.36. The molecule has 2 aliphatic heterocycles. The number of halogens is 9. The van der Waals surface area contributed by atoms with Crippen LogP contribution in [0.15, 0.2) is 36.8 Å². The van der Waals surface area contributed by atoms with Crippen LogP contribution in [0.25, 0.3) is 22.5 Å². The second-order valence-electron chi connectivity index (χ2n) is 9.16. The second-order valence-corrected chi connectivity index (χ2v) is 9.16. The van der Waals surface area contributed by atoms with E-state index < -0.39 is 36.4 Å². The molecule has 5 heterocycles. The number of aliphatic carboxylic acids is 3. The quantitative estimate of drug-likeness (QED) is 0.156. The second kappa shape index (κ2) is 15.4. The van der Waals surface area contributed by atoms with Crippen molar-refractivity contribution in [3.63, 3.8) is 0 Å². The SMILES string of the molecule is O=C(O)C(F)(F)F.O=C(O)C(F)(F)F.O=C(O)C(F)(F)F.c1cnc2c(c1)-c1nc(CC3CCNCC3)[nH]c1-c1ccncc1N2. The lowest BCUT2D eigenvalue weighted by Crippen LogP contribution is -2.28. The van der Waals surface area contributed by atoms with Crippen LogP contribution in [0, 0.1) is 5.92 Å². The highest BCUT2D eigenvalue weighted by atomic mass is 19.4. The van der Waals surface area contributed by atoms with E-state index in [0.717, 1.165) is 59.4 Å². The third-order valence-corrected chi connectivity index (χ3v) is 5.83. The maximum absolute atomic E-state index is 10.6. The minimum absolute atomic E-state index is 0.694. The number of imidazole rings is 1. The highest BCUT2D eigenvalue weighted by Crippen LogP contribution is 2.41. The Kier molecular flexibility index (Phi) is 12.4. The topological polar surface area (TPSA) is 190 Å². The third kappa shape index (κ3) is 11.2. The molecule has 0 radical (unpaired) electrons. The summed E-state index contributed by atoms with van der Waals surface area (Å²) in [6, 6.07) is 6.06. The van der Waals surface area contributed by atoms with Gasteiger partial charge in [-0.15, -0.1) is 0 Å². The monoisotopic (exact) mass is 674 g/mol. The summed E-state index contributed by atoms with van der Waals surface area (Å²) in [5.74, 6) is -5.68. The van der Waals surface area contributed by atoms with E-state index in [1.165, 1.54) is 12.8 Å². The van der Waals surface area contributed by atoms with Crippen LogP contribution in [0.1, 0.15) is 18.7 Å². The average Bonchev–Trinajstić information content (AvgIpc) is 3.31. The van der Waals surface area contributed by atoms with Crippen molar-refractivity contribution in [2.45, 2.75) is 37.8 Å². The van der Waals surface area contributed by atoms with Gasteiger partial charge in [-0.05, 0) is 50.0 Å². The number of rotatable bonds is 2. The van der Waals surface area contributed by atoms with Crippen LogP contribution < -0.4 is 10.6 Å². The van der Waals surface area contributed by atoms with E-state index in [1.54, 1.807) is 6.20 Å². The molecule has 1 fully saturated rings. The number of anilines is 2. The minimum atomic E-state index is -5.08. The molecule has 5 rings (SSSR count). The number of carboxylic acids is 3. The Bertz CT molecular complexity index is 1380. The zero-order chi connectivity index (χ0) is 34.9. The Morgan fingerprint density at radius 2 is 1.33 bits per heavy atom. The summed E-state index contributed by atoms with van der Waals surface area (Å²) >= 11 is 0. The molecule has 21 heteroatoms. The van der Waals surface area contributed by atoms with Crippen molar-refractivity contribution in [1.82, 2.24) is 25.3 Å². The highest BCUT2D eigenvalue weighted by Gasteiger charge is 2.39. The van der Waals surface area contributed by atoms with Gasteiger partial charge >= 0.3 is 36.4 Å². The Labute approximate surface area is 251 Å². The number of fused-ring (bicyclic) bond motifs is 5. The summed E-state index contributed by atoms with van der Waals surface area (Å²) in [5.41, 5.74) is 5.11. The number of carboxylic acid groups (broad SMARTS) is 3. The number of hydrogen-bond donors (Lipinski definition) is 6. The molecular formula is C25H23F9N6O6. The minimum Gasteiger partial charge on any atom is -0.475 e. The molecule has 6 N–H and O–H groups in total. The fraction of sp³-hybridized carbons (Fsp3) is 0.360. The van der Waals surface area contributed by atoms with Crippen LogP contribution >= 0.6 is 0 Å². The van der Waals surface area contributed by atoms with Gasteiger partial charge in [-0.1, -0.05) is 0 Å². The van der Waals surface area contributed by atoms with Crippen molar-refractivity contribution in [2.75, 3.05) is 18.4 Å². The van der Waals surface area contributed by atoms with Gasteiger partial charge in [0.05, 0.1) is 17.6 Å². The Morgan fingerprint density at radius 3 is 1.83 bits per heavy atom. The first-order valence-electron chi connectivity index (χ1n) is 12.6. The molecule has 0 aliphatic carbocycles. The maximum Gasteiger partial charge on any atom is 0.490 e. The number of nitrogens with one attached hydrogen (secondary N) is 3. The summed E-state index contributed by atoms with van der Waals surface area (Å²) in [6.45, 7) is 2.21. The smallest absolute Gasteiger partial charge is 0.475 e. The van der Waals surface area contributed by atoms with Gasteiger partial charge in [-0.3, -0.25) is 4.98 Å². The maximum atomic E-state index is 10.6. The number of piperidine rings is 1. The number of nitrogens with zero attached hydrogens (tertiary/aromatic N) is 3. The number of hydrogen-bond acceptors (Lipinski definition) is 8. The normalized spacial score (nSPS) is 14.0. The number of alkyl halides is 9. The molecule has 252 valence electrons. The van der Waals surface area contributed by atoms with Crippen molar-refractivity contribution in [3.8, 4) is 22.5 Å². The van der Waals surface area contributed by atoms with Gasteiger partial charge in [0, 0.05) is 29.9 Å². The summed E-state index contributed by atoms with van der Waals surface area (Å²) < 4.78 is 95.2. The molecule has 46 heavy (non-hydrogen) atoms. The van der Waals surface area contributed by atoms with Gasteiger partial charge in [-0.25, -0.2) is 24.4 Å². The fourth-order valence-corrected chi connectivity index (χ4v) is 3.80. The number of H-pyrrole nitrogens is 1. The van der Waals surface area contributed by atoms with Crippen molar-refractivity contribution in [3.05, 3.63) is 42.6 Å². The molecule has 0 aromatic carbocycles. The molecule has 12 nitrogen and oxygen atoms in total. The molecule has 2 aliphatic rings. The number of pyridine rings is 2. The van der Waals surface area contributed by atoms with E-state index in [2.05, 4.69) is 31.7 Å². The van der Waals surface area contributed by atoms with Crippen molar-refractivity contribution in [2.24, 2.45) is 5.92 Å². The lowest BCUT2D eigenvalue weighted by atomic mass is 9.94. The molecule has 1 saturated heterocycles. The molecule has 0 unspecified atom stereocenters. The van der Waals surface area contributed by atoms with Crippen LogP contribution in [0.2, 0.25) is 0 Å². The number of aromatic amines is 1. The van der Waals surface area contributed by atoms with Gasteiger partial charge in [0.25, 0.3) is 0 Å². The predicted molar refractivity (Wildman–Crippen MR) is 139 cm³/mol. The van der Waals surface area contributed by atoms with Crippen LogP contribution in [-0.4, -0.2) is 84.8 Å². The lowest BCUT2D eigenvalue weighted by molar-refractivity contribution is -0.193.